The number of carboxylic acid groups (broad SMARTS) is 1. The summed E-state index contributed by atoms with van der Waals surface area (Å²) < 4.78 is 1.95. The Morgan fingerprint density at radius 1 is 1.61 bits per heavy atom. The zero-order chi connectivity index (χ0) is 13.3. The maximum atomic E-state index is 11.7. The number of nitrogens with zero attached hydrogens (tertiary/aromatic N) is 3. The van der Waals surface area contributed by atoms with Gasteiger partial charge in [0.05, 0.1) is 18.6 Å². The van der Waals surface area contributed by atoms with Gasteiger partial charge in [-0.1, -0.05) is 0 Å². The van der Waals surface area contributed by atoms with Gasteiger partial charge in [0.25, 0.3) is 0 Å². The lowest BCUT2D eigenvalue weighted by Gasteiger charge is -2.22. The molecule has 6 nitrogen and oxygen atoms in total. The lowest BCUT2D eigenvalue weighted by molar-refractivity contribution is -0.146. The summed E-state index contributed by atoms with van der Waals surface area (Å²) in [4.78, 5) is 28.3. The van der Waals surface area contributed by atoms with Crippen LogP contribution >= 0.6 is 0 Å². The van der Waals surface area contributed by atoms with Crippen molar-refractivity contribution in [3.63, 3.8) is 0 Å². The number of hydrogen-bond acceptors (Lipinski definition) is 3. The normalized spacial score (nSPS) is 19.8. The van der Waals surface area contributed by atoms with E-state index in [4.69, 9.17) is 5.11 Å². The van der Waals surface area contributed by atoms with Gasteiger partial charge in [-0.25, -0.2) is 9.78 Å². The van der Waals surface area contributed by atoms with Gasteiger partial charge in [-0.15, -0.1) is 0 Å². The van der Waals surface area contributed by atoms with Crippen LogP contribution in [-0.2, 0) is 16.1 Å². The van der Waals surface area contributed by atoms with Crippen LogP contribution in [0.15, 0.2) is 12.5 Å². The van der Waals surface area contributed by atoms with Crippen LogP contribution in [0.4, 0.5) is 0 Å². The molecule has 1 N–H and O–H groups in total. The fraction of sp³-hybridized carbons (Fsp3) is 0.583. The molecule has 18 heavy (non-hydrogen) atoms. The predicted molar refractivity (Wildman–Crippen MR) is 63.8 cm³/mol. The van der Waals surface area contributed by atoms with E-state index in [9.17, 15) is 9.59 Å². The number of aliphatic carboxylic acids is 1. The fourth-order valence-electron chi connectivity index (χ4n) is 2.28. The summed E-state index contributed by atoms with van der Waals surface area (Å²) in [5.74, 6) is -1.03. The van der Waals surface area contributed by atoms with Gasteiger partial charge < -0.3 is 14.6 Å². The zero-order valence-corrected chi connectivity index (χ0v) is 10.5. The van der Waals surface area contributed by atoms with E-state index in [0.29, 0.717) is 19.4 Å². The molecule has 1 aliphatic rings. The first-order valence-electron chi connectivity index (χ1n) is 6.03. The highest BCUT2D eigenvalue weighted by molar-refractivity contribution is 5.87. The van der Waals surface area contributed by atoms with Crippen LogP contribution in [0.1, 0.15) is 38.4 Å². The maximum absolute atomic E-state index is 11.7. The molecule has 2 heterocycles. The van der Waals surface area contributed by atoms with E-state index in [2.05, 4.69) is 4.98 Å². The summed E-state index contributed by atoms with van der Waals surface area (Å²) in [6.45, 7) is 4.35. The number of carbonyl (C=O) groups is 2. The molecule has 1 atom stereocenters. The number of aromatic nitrogens is 2. The van der Waals surface area contributed by atoms with Gasteiger partial charge >= 0.3 is 5.97 Å². The zero-order valence-electron chi connectivity index (χ0n) is 10.5. The topological polar surface area (TPSA) is 75.4 Å². The van der Waals surface area contributed by atoms with Crippen LogP contribution in [0.5, 0.6) is 0 Å². The largest absolute Gasteiger partial charge is 0.480 e. The minimum Gasteiger partial charge on any atom is -0.480 e. The molecule has 1 aliphatic heterocycles. The first-order chi connectivity index (χ1) is 8.50. The molecule has 2 rings (SSSR count). The van der Waals surface area contributed by atoms with Crippen LogP contribution in [0.2, 0.25) is 0 Å². The Labute approximate surface area is 105 Å². The molecule has 98 valence electrons. The minimum absolute atomic E-state index is 0.0982. The number of rotatable bonds is 4. The van der Waals surface area contributed by atoms with E-state index in [1.165, 1.54) is 4.90 Å². The lowest BCUT2D eigenvalue weighted by Crippen LogP contribution is -2.38. The Hall–Kier alpha value is -1.85. The predicted octanol–water partition coefficient (Wildman–Crippen LogP) is 1.04. The monoisotopic (exact) mass is 251 g/mol. The standard InChI is InChI=1S/C12H17N3O3/c1-8(2)15-7-13-5-9(15)6-14-10(12(17)18)3-4-11(14)16/h5,7-8,10H,3-4,6H2,1-2H3,(H,17,18). The molecule has 1 amide bonds. The second-order valence-corrected chi connectivity index (χ2v) is 4.80. The van der Waals surface area contributed by atoms with Gasteiger partial charge in [0.1, 0.15) is 6.04 Å². The second-order valence-electron chi connectivity index (χ2n) is 4.80. The summed E-state index contributed by atoms with van der Waals surface area (Å²) in [5, 5.41) is 9.09. The lowest BCUT2D eigenvalue weighted by atomic mass is 10.2. The molecule has 1 fully saturated rings. The molecule has 0 spiro atoms. The third-order valence-electron chi connectivity index (χ3n) is 3.25. The molecular weight excluding hydrogens is 234 g/mol. The van der Waals surface area contributed by atoms with Gasteiger partial charge in [0, 0.05) is 18.7 Å². The van der Waals surface area contributed by atoms with Gasteiger partial charge in [-0.3, -0.25) is 4.79 Å². The highest BCUT2D eigenvalue weighted by atomic mass is 16.4. The van der Waals surface area contributed by atoms with Crippen molar-refractivity contribution in [2.45, 2.75) is 45.3 Å². The summed E-state index contributed by atoms with van der Waals surface area (Å²) in [6, 6.07) is -0.462. The van der Waals surface area contributed by atoms with E-state index in [0.717, 1.165) is 5.69 Å². The Balaban J connectivity index is 2.19. The first-order valence-corrected chi connectivity index (χ1v) is 6.03. The highest BCUT2D eigenvalue weighted by Crippen LogP contribution is 2.22. The van der Waals surface area contributed by atoms with E-state index in [-0.39, 0.29) is 11.9 Å². The molecule has 0 aromatic carbocycles. The molecule has 1 aromatic heterocycles. The molecule has 1 saturated heterocycles. The van der Waals surface area contributed by atoms with Crippen LogP contribution in [0.25, 0.3) is 0 Å². The second kappa shape index (κ2) is 4.80. The number of carboxylic acids is 1. The Bertz CT molecular complexity index is 467. The van der Waals surface area contributed by atoms with Crippen molar-refractivity contribution >= 4 is 11.9 Å². The fourth-order valence-corrected chi connectivity index (χ4v) is 2.28. The SMILES string of the molecule is CC(C)n1cncc1CN1C(=O)CCC1C(=O)O. The van der Waals surface area contributed by atoms with Crippen molar-refractivity contribution in [2.75, 3.05) is 0 Å². The Morgan fingerprint density at radius 3 is 2.94 bits per heavy atom. The van der Waals surface area contributed by atoms with Crippen molar-refractivity contribution in [1.29, 1.82) is 0 Å². The third kappa shape index (κ3) is 2.23. The van der Waals surface area contributed by atoms with E-state index in [1.54, 1.807) is 12.5 Å². The van der Waals surface area contributed by atoms with Crippen molar-refractivity contribution in [1.82, 2.24) is 14.5 Å². The first kappa shape index (κ1) is 12.6. The van der Waals surface area contributed by atoms with Gasteiger partial charge in [-0.05, 0) is 20.3 Å². The molecule has 0 bridgehead atoms. The number of carbonyl (C=O) groups excluding carboxylic acids is 1. The average molecular weight is 251 g/mol. The molecule has 1 unspecified atom stereocenters. The van der Waals surface area contributed by atoms with Gasteiger partial charge in [0.2, 0.25) is 5.91 Å². The van der Waals surface area contributed by atoms with Crippen molar-refractivity contribution in [2.24, 2.45) is 0 Å². The quantitative estimate of drug-likeness (QED) is 0.867. The van der Waals surface area contributed by atoms with Crippen LogP contribution < -0.4 is 0 Å². The molecular formula is C12H17N3O3. The number of likely N-dealkylation sites (tertiary alicyclic amines) is 1. The number of imidazole rings is 1. The molecule has 0 aliphatic carbocycles. The Morgan fingerprint density at radius 2 is 2.33 bits per heavy atom. The van der Waals surface area contributed by atoms with Crippen molar-refractivity contribution < 1.29 is 14.7 Å². The third-order valence-corrected chi connectivity index (χ3v) is 3.25. The summed E-state index contributed by atoms with van der Waals surface area (Å²) in [7, 11) is 0. The molecule has 0 saturated carbocycles. The minimum atomic E-state index is -0.934. The van der Waals surface area contributed by atoms with E-state index >= 15 is 0 Å². The van der Waals surface area contributed by atoms with Crippen LogP contribution in [-0.4, -0.2) is 37.5 Å². The molecule has 1 aromatic rings. The summed E-state index contributed by atoms with van der Waals surface area (Å²) in [6.07, 6.45) is 4.09. The van der Waals surface area contributed by atoms with Crippen LogP contribution in [0.3, 0.4) is 0 Å². The molecule has 6 heteroatoms. The van der Waals surface area contributed by atoms with Crippen molar-refractivity contribution in [3.8, 4) is 0 Å². The number of amides is 1. The van der Waals surface area contributed by atoms with Gasteiger partial charge in [0.15, 0.2) is 0 Å². The van der Waals surface area contributed by atoms with Gasteiger partial charge in [-0.2, -0.15) is 0 Å². The van der Waals surface area contributed by atoms with E-state index in [1.807, 2.05) is 18.4 Å². The number of hydrogen-bond donors (Lipinski definition) is 1. The Kier molecular flexibility index (Phi) is 3.36. The smallest absolute Gasteiger partial charge is 0.326 e. The summed E-state index contributed by atoms with van der Waals surface area (Å²) in [5.41, 5.74) is 0.867. The van der Waals surface area contributed by atoms with Crippen molar-refractivity contribution in [3.05, 3.63) is 18.2 Å². The van der Waals surface area contributed by atoms with Crippen LogP contribution in [0, 0.1) is 0 Å². The van der Waals surface area contributed by atoms with E-state index < -0.39 is 12.0 Å². The highest BCUT2D eigenvalue weighted by Gasteiger charge is 2.36. The summed E-state index contributed by atoms with van der Waals surface area (Å²) >= 11 is 0. The molecule has 0 radical (unpaired) electrons. The maximum Gasteiger partial charge on any atom is 0.326 e. The average Bonchev–Trinajstić information content (AvgIpc) is 2.87.